The molecule has 2 aromatic carbocycles. The van der Waals surface area contributed by atoms with Crippen molar-refractivity contribution in [3.05, 3.63) is 42.2 Å². The van der Waals surface area contributed by atoms with Crippen molar-refractivity contribution >= 4 is 33.6 Å². The number of likely N-dealkylation sites (tertiary alicyclic amines) is 1. The summed E-state index contributed by atoms with van der Waals surface area (Å²) in [4.78, 5) is 26.4. The van der Waals surface area contributed by atoms with Gasteiger partial charge in [-0.3, -0.25) is 14.9 Å². The number of imide groups is 1. The van der Waals surface area contributed by atoms with Crippen LogP contribution >= 0.6 is 0 Å². The molecule has 1 unspecified atom stereocenters. The zero-order valence-electron chi connectivity index (χ0n) is 18.6. The Bertz CT molecular complexity index is 1140. The summed E-state index contributed by atoms with van der Waals surface area (Å²) < 4.78 is 11.8. The highest BCUT2D eigenvalue weighted by Crippen LogP contribution is 2.37. The molecule has 5 rings (SSSR count). The van der Waals surface area contributed by atoms with Crippen LogP contribution in [-0.2, 0) is 9.59 Å². The molecule has 0 radical (unpaired) electrons. The summed E-state index contributed by atoms with van der Waals surface area (Å²) in [7, 11) is 2.20. The number of benzene rings is 2. The fourth-order valence-electron chi connectivity index (χ4n) is 5.12. The molecule has 2 saturated heterocycles. The summed E-state index contributed by atoms with van der Waals surface area (Å²) in [5.41, 5.74) is 1.60. The number of fused-ring (bicyclic) bond motifs is 3. The minimum Gasteiger partial charge on any atom is -0.494 e. The van der Waals surface area contributed by atoms with Crippen molar-refractivity contribution in [2.75, 3.05) is 26.7 Å². The summed E-state index contributed by atoms with van der Waals surface area (Å²) in [5, 5.41) is 5.49. The average Bonchev–Trinajstić information content (AvgIpc) is 3.22. The molecule has 6 heteroatoms. The maximum atomic E-state index is 12.4. The molecular weight excluding hydrogens is 404 g/mol. The fraction of sp³-hybridized carbons (Fsp3) is 0.462. The highest BCUT2D eigenvalue weighted by molar-refractivity contribution is 6.10. The summed E-state index contributed by atoms with van der Waals surface area (Å²) in [6, 6.07) is 10.1. The molecule has 0 spiro atoms. The van der Waals surface area contributed by atoms with Crippen molar-refractivity contribution in [1.29, 1.82) is 0 Å². The van der Waals surface area contributed by atoms with Crippen LogP contribution in [0.15, 0.2) is 41.0 Å². The molecular formula is C26H30N2O4. The first kappa shape index (κ1) is 21.0. The van der Waals surface area contributed by atoms with Crippen LogP contribution in [0.5, 0.6) is 5.75 Å². The number of nitrogens with zero attached hydrogens (tertiary/aromatic N) is 1. The number of piperidine rings is 2. The highest BCUT2D eigenvalue weighted by Gasteiger charge is 2.31. The number of ether oxygens (including phenoxy) is 1. The summed E-state index contributed by atoms with van der Waals surface area (Å²) in [5.74, 6) is 0.875. The van der Waals surface area contributed by atoms with E-state index < -0.39 is 0 Å². The second-order valence-electron chi connectivity index (χ2n) is 9.25. The van der Waals surface area contributed by atoms with Crippen LogP contribution in [0.25, 0.3) is 21.7 Å². The largest absolute Gasteiger partial charge is 0.494 e. The maximum absolute atomic E-state index is 12.4. The molecule has 1 N–H and O–H groups in total. The van der Waals surface area contributed by atoms with Crippen LogP contribution in [0.3, 0.4) is 0 Å². The normalized spacial score (nSPS) is 20.7. The van der Waals surface area contributed by atoms with Crippen LogP contribution in [0.1, 0.15) is 50.0 Å². The molecule has 3 aromatic rings. The Morgan fingerprint density at radius 1 is 1.12 bits per heavy atom. The number of amides is 2. The van der Waals surface area contributed by atoms with E-state index in [1.165, 1.54) is 32.4 Å². The van der Waals surface area contributed by atoms with E-state index in [2.05, 4.69) is 29.4 Å². The maximum Gasteiger partial charge on any atom is 0.234 e. The third-order valence-electron chi connectivity index (χ3n) is 7.03. The Morgan fingerprint density at radius 2 is 1.97 bits per heavy atom. The lowest BCUT2D eigenvalue weighted by Crippen LogP contribution is -2.39. The van der Waals surface area contributed by atoms with Crippen molar-refractivity contribution in [2.45, 2.75) is 44.4 Å². The molecule has 168 valence electrons. The smallest absolute Gasteiger partial charge is 0.234 e. The molecule has 1 aromatic heterocycles. The van der Waals surface area contributed by atoms with Crippen molar-refractivity contribution in [3.63, 3.8) is 0 Å². The van der Waals surface area contributed by atoms with Gasteiger partial charge in [-0.1, -0.05) is 6.07 Å². The van der Waals surface area contributed by atoms with Gasteiger partial charge in [-0.25, -0.2) is 0 Å². The van der Waals surface area contributed by atoms with Gasteiger partial charge in [0, 0.05) is 17.4 Å². The Hall–Kier alpha value is -2.86. The first-order valence-corrected chi connectivity index (χ1v) is 11.7. The van der Waals surface area contributed by atoms with E-state index in [9.17, 15) is 9.59 Å². The number of hydrogen-bond acceptors (Lipinski definition) is 5. The second kappa shape index (κ2) is 8.94. The van der Waals surface area contributed by atoms with E-state index in [1.807, 2.05) is 18.2 Å². The number of rotatable bonds is 6. The number of carbonyl (C=O) groups excluding carboxylic acids is 2. The zero-order chi connectivity index (χ0) is 22.1. The third kappa shape index (κ3) is 4.24. The molecule has 0 aliphatic carbocycles. The number of carbonyl (C=O) groups is 2. The predicted molar refractivity (Wildman–Crippen MR) is 124 cm³/mol. The van der Waals surface area contributed by atoms with Gasteiger partial charge in [0.25, 0.3) is 0 Å². The quantitative estimate of drug-likeness (QED) is 0.453. The van der Waals surface area contributed by atoms with Crippen molar-refractivity contribution in [1.82, 2.24) is 10.2 Å². The minimum atomic E-state index is -0.366. The Kier molecular flexibility index (Phi) is 5.87. The van der Waals surface area contributed by atoms with Gasteiger partial charge in [-0.2, -0.15) is 0 Å². The fourth-order valence-corrected chi connectivity index (χ4v) is 5.12. The lowest BCUT2D eigenvalue weighted by atomic mass is 9.89. The van der Waals surface area contributed by atoms with Crippen LogP contribution in [-0.4, -0.2) is 43.5 Å². The second-order valence-corrected chi connectivity index (χ2v) is 9.25. The van der Waals surface area contributed by atoms with Crippen LogP contribution in [0.2, 0.25) is 0 Å². The van der Waals surface area contributed by atoms with Crippen LogP contribution in [0.4, 0.5) is 0 Å². The number of nitrogens with one attached hydrogen (secondary N) is 1. The van der Waals surface area contributed by atoms with Gasteiger partial charge in [0.1, 0.15) is 11.3 Å². The predicted octanol–water partition coefficient (Wildman–Crippen LogP) is 4.61. The lowest BCUT2D eigenvalue weighted by Gasteiger charge is -2.28. The summed E-state index contributed by atoms with van der Waals surface area (Å²) in [6.45, 7) is 3.15. The summed E-state index contributed by atoms with van der Waals surface area (Å²) >= 11 is 0. The minimum absolute atomic E-state index is 0.207. The molecule has 2 aliphatic rings. The SMILES string of the molecule is CN1CCC(CCCOc2ccc3c(ccc4occ(C5CCC(=O)NC5=O)c43)c2)CC1. The Labute approximate surface area is 187 Å². The van der Waals surface area contributed by atoms with E-state index in [0.717, 1.165) is 52.0 Å². The number of hydrogen-bond donors (Lipinski definition) is 1. The van der Waals surface area contributed by atoms with Crippen LogP contribution < -0.4 is 10.1 Å². The van der Waals surface area contributed by atoms with E-state index in [-0.39, 0.29) is 17.7 Å². The van der Waals surface area contributed by atoms with Crippen molar-refractivity contribution in [3.8, 4) is 5.75 Å². The molecule has 6 nitrogen and oxygen atoms in total. The molecule has 2 amide bonds. The molecule has 32 heavy (non-hydrogen) atoms. The lowest BCUT2D eigenvalue weighted by molar-refractivity contribution is -0.134. The summed E-state index contributed by atoms with van der Waals surface area (Å²) in [6.07, 6.45) is 7.42. The van der Waals surface area contributed by atoms with Gasteiger partial charge in [-0.15, -0.1) is 0 Å². The Balaban J connectivity index is 1.30. The molecule has 2 fully saturated rings. The molecule has 0 bridgehead atoms. The monoisotopic (exact) mass is 434 g/mol. The van der Waals surface area contributed by atoms with Crippen molar-refractivity contribution in [2.24, 2.45) is 5.92 Å². The third-order valence-corrected chi connectivity index (χ3v) is 7.03. The van der Waals surface area contributed by atoms with Gasteiger partial charge >= 0.3 is 0 Å². The van der Waals surface area contributed by atoms with Gasteiger partial charge < -0.3 is 14.1 Å². The van der Waals surface area contributed by atoms with E-state index in [0.29, 0.717) is 12.8 Å². The first-order valence-electron chi connectivity index (χ1n) is 11.7. The van der Waals surface area contributed by atoms with Crippen molar-refractivity contribution < 1.29 is 18.7 Å². The molecule has 0 saturated carbocycles. The first-order chi connectivity index (χ1) is 15.6. The zero-order valence-corrected chi connectivity index (χ0v) is 18.6. The Morgan fingerprint density at radius 3 is 2.78 bits per heavy atom. The van der Waals surface area contributed by atoms with Gasteiger partial charge in [0.15, 0.2) is 0 Å². The van der Waals surface area contributed by atoms with E-state index in [4.69, 9.17) is 9.15 Å². The van der Waals surface area contributed by atoms with E-state index >= 15 is 0 Å². The molecule has 1 atom stereocenters. The average molecular weight is 435 g/mol. The van der Waals surface area contributed by atoms with E-state index in [1.54, 1.807) is 6.26 Å². The van der Waals surface area contributed by atoms with Gasteiger partial charge in [0.05, 0.1) is 18.8 Å². The highest BCUT2D eigenvalue weighted by atomic mass is 16.5. The molecule has 2 aliphatic heterocycles. The standard InChI is InChI=1S/C26H30N2O4/c1-28-12-10-17(11-13-28)3-2-14-31-19-5-6-20-18(15-19)4-8-23-25(20)22(16-32-23)21-7-9-24(29)27-26(21)30/h4-6,8,15-17,21H,2-3,7,9-14H2,1H3,(H,27,29,30). The topological polar surface area (TPSA) is 71.8 Å². The van der Waals surface area contributed by atoms with Gasteiger partial charge in [0.2, 0.25) is 11.8 Å². The molecule has 3 heterocycles. The number of furan rings is 1. The van der Waals surface area contributed by atoms with Gasteiger partial charge in [-0.05, 0) is 93.2 Å². The van der Waals surface area contributed by atoms with Crippen LogP contribution in [0, 0.1) is 5.92 Å².